The van der Waals surface area contributed by atoms with Crippen LogP contribution in [0.4, 0.5) is 0 Å². The molecule has 1 atom stereocenters. The van der Waals surface area contributed by atoms with Gasteiger partial charge in [0.2, 0.25) is 17.7 Å². The molecule has 0 aromatic rings. The fraction of sp³-hybridized carbons (Fsp3) is 0.850. The third-order valence-corrected chi connectivity index (χ3v) is 3.89. The molecule has 27 heavy (non-hydrogen) atoms. The number of rotatable bonds is 9. The van der Waals surface area contributed by atoms with E-state index in [2.05, 4.69) is 12.2 Å². The summed E-state index contributed by atoms with van der Waals surface area (Å²) in [5.74, 6) is -0.132. The van der Waals surface area contributed by atoms with Crippen LogP contribution >= 0.6 is 0 Å². The van der Waals surface area contributed by atoms with Crippen molar-refractivity contribution in [1.29, 1.82) is 0 Å². The number of nitrogens with zero attached hydrogens (tertiary/aromatic N) is 1. The molecule has 3 amide bonds. The number of carbonyl (C=O) groups is 3. The zero-order valence-corrected chi connectivity index (χ0v) is 18.3. The van der Waals surface area contributed by atoms with E-state index in [1.807, 2.05) is 34.6 Å². The van der Waals surface area contributed by atoms with Crippen LogP contribution in [0.5, 0.6) is 0 Å². The number of amides is 3. The lowest BCUT2D eigenvalue weighted by molar-refractivity contribution is -0.139. The van der Waals surface area contributed by atoms with Crippen molar-refractivity contribution in [1.82, 2.24) is 10.2 Å². The van der Waals surface area contributed by atoms with Crippen molar-refractivity contribution in [3.63, 3.8) is 0 Å². The predicted molar refractivity (Wildman–Crippen MR) is 107 cm³/mol. The molecule has 0 aromatic heterocycles. The first-order valence-electron chi connectivity index (χ1n) is 9.98. The van der Waals surface area contributed by atoms with Crippen molar-refractivity contribution in [3.8, 4) is 0 Å². The topological polar surface area (TPSA) is 95.9 Å². The average Bonchev–Trinajstić information content (AvgIpc) is 2.84. The lowest BCUT2D eigenvalue weighted by Crippen LogP contribution is -2.31. The molecule has 1 aliphatic heterocycles. The highest BCUT2D eigenvalue weighted by Crippen LogP contribution is 2.18. The van der Waals surface area contributed by atoms with Crippen LogP contribution in [-0.4, -0.2) is 59.6 Å². The van der Waals surface area contributed by atoms with Crippen molar-refractivity contribution >= 4 is 17.7 Å². The fourth-order valence-corrected chi connectivity index (χ4v) is 2.30. The molecule has 0 aliphatic carbocycles. The average molecular weight is 389 g/mol. The summed E-state index contributed by atoms with van der Waals surface area (Å²) in [7, 11) is 0. The minimum absolute atomic E-state index is 0.000880. The second-order valence-corrected chi connectivity index (χ2v) is 6.91. The highest BCUT2D eigenvalue weighted by Gasteiger charge is 2.34. The molecule has 0 radical (unpaired) electrons. The van der Waals surface area contributed by atoms with E-state index in [0.717, 1.165) is 12.8 Å². The van der Waals surface area contributed by atoms with Gasteiger partial charge in [0.05, 0.1) is 12.2 Å². The molecule has 2 N–H and O–H groups in total. The Hall–Kier alpha value is -1.47. The molecule has 160 valence electrons. The number of imide groups is 1. The van der Waals surface area contributed by atoms with Gasteiger partial charge in [-0.25, -0.2) is 0 Å². The van der Waals surface area contributed by atoms with Crippen LogP contribution in [0.2, 0.25) is 0 Å². The summed E-state index contributed by atoms with van der Waals surface area (Å²) >= 11 is 0. The zero-order valence-electron chi connectivity index (χ0n) is 18.3. The zero-order chi connectivity index (χ0) is 21.5. The molecular formula is C20H40N2O5. The lowest BCUT2D eigenvalue weighted by Gasteiger charge is -2.24. The van der Waals surface area contributed by atoms with E-state index in [1.54, 1.807) is 0 Å². The fourth-order valence-electron chi connectivity index (χ4n) is 2.30. The van der Waals surface area contributed by atoms with Crippen LogP contribution in [-0.2, 0) is 19.1 Å². The van der Waals surface area contributed by atoms with Crippen LogP contribution in [0, 0.1) is 5.92 Å². The van der Waals surface area contributed by atoms with Crippen LogP contribution in [0.3, 0.4) is 0 Å². The Morgan fingerprint density at radius 1 is 1.33 bits per heavy atom. The second-order valence-electron chi connectivity index (χ2n) is 6.91. The normalized spacial score (nSPS) is 16.3. The molecule has 1 fully saturated rings. The quantitative estimate of drug-likeness (QED) is 0.467. The van der Waals surface area contributed by atoms with E-state index >= 15 is 0 Å². The maximum Gasteiger partial charge on any atom is 0.232 e. The summed E-state index contributed by atoms with van der Waals surface area (Å²) in [6.07, 6.45) is 2.95. The molecule has 1 saturated heterocycles. The van der Waals surface area contributed by atoms with Crippen molar-refractivity contribution in [3.05, 3.63) is 0 Å². The number of likely N-dealkylation sites (tertiary alicyclic amines) is 1. The number of unbranched alkanes of at least 4 members (excludes halogenated alkanes) is 1. The molecule has 1 unspecified atom stereocenters. The van der Waals surface area contributed by atoms with Gasteiger partial charge in [0.25, 0.3) is 0 Å². The van der Waals surface area contributed by atoms with E-state index in [1.165, 1.54) is 11.8 Å². The first-order valence-corrected chi connectivity index (χ1v) is 9.98. The number of aliphatic hydroxyl groups is 1. The smallest absolute Gasteiger partial charge is 0.232 e. The molecule has 0 spiro atoms. The molecule has 0 aromatic carbocycles. The van der Waals surface area contributed by atoms with Gasteiger partial charge in [0, 0.05) is 39.0 Å². The van der Waals surface area contributed by atoms with Gasteiger partial charge in [0.15, 0.2) is 0 Å². The Morgan fingerprint density at radius 3 is 2.33 bits per heavy atom. The molecule has 7 heteroatoms. The predicted octanol–water partition coefficient (Wildman–Crippen LogP) is 2.51. The van der Waals surface area contributed by atoms with Crippen LogP contribution < -0.4 is 5.32 Å². The summed E-state index contributed by atoms with van der Waals surface area (Å²) in [6, 6.07) is 0. The summed E-state index contributed by atoms with van der Waals surface area (Å²) in [5.41, 5.74) is -0.312. The SMILES string of the molecule is CC.CC(=O)NCCOC(C)(C)CCO.CCCCN1C(=O)CC(C)C1=O. The standard InChI is InChI=1S/C9H19NO3.C9H15NO2.C2H6/c1-8(12)10-5-7-13-9(2,3)4-6-11;1-3-4-5-10-8(11)6-7(2)9(10)12;1-2/h11H,4-7H2,1-3H3,(H,10,12);7H,3-6H2,1-2H3;1-2H3. The van der Waals surface area contributed by atoms with E-state index in [0.29, 0.717) is 32.5 Å². The molecule has 0 bridgehead atoms. The van der Waals surface area contributed by atoms with Gasteiger partial charge in [0.1, 0.15) is 0 Å². The monoisotopic (exact) mass is 388 g/mol. The Morgan fingerprint density at radius 2 is 1.93 bits per heavy atom. The van der Waals surface area contributed by atoms with Gasteiger partial charge >= 0.3 is 0 Å². The highest BCUT2D eigenvalue weighted by molar-refractivity contribution is 6.03. The van der Waals surface area contributed by atoms with Crippen molar-refractivity contribution in [2.24, 2.45) is 5.92 Å². The number of hydrogen-bond donors (Lipinski definition) is 2. The molecule has 1 aliphatic rings. The molecule has 1 rings (SSSR count). The van der Waals surface area contributed by atoms with Gasteiger partial charge in [-0.2, -0.15) is 0 Å². The maximum absolute atomic E-state index is 11.3. The Labute approximate surface area is 164 Å². The summed E-state index contributed by atoms with van der Waals surface area (Å²) in [6.45, 7) is 14.9. The van der Waals surface area contributed by atoms with Crippen molar-refractivity contribution < 1.29 is 24.2 Å². The largest absolute Gasteiger partial charge is 0.396 e. The Bertz CT molecular complexity index is 438. The maximum atomic E-state index is 11.3. The van der Waals surface area contributed by atoms with Crippen molar-refractivity contribution in [2.45, 2.75) is 79.8 Å². The third-order valence-electron chi connectivity index (χ3n) is 3.89. The number of carbonyl (C=O) groups excluding carboxylic acids is 3. The summed E-state index contributed by atoms with van der Waals surface area (Å²) < 4.78 is 5.45. The van der Waals surface area contributed by atoms with Crippen LogP contribution in [0.25, 0.3) is 0 Å². The van der Waals surface area contributed by atoms with E-state index in [-0.39, 0.29) is 35.8 Å². The van der Waals surface area contributed by atoms with Crippen LogP contribution in [0.15, 0.2) is 0 Å². The van der Waals surface area contributed by atoms with Gasteiger partial charge < -0.3 is 15.2 Å². The number of aliphatic hydroxyl groups excluding tert-OH is 1. The molecule has 0 saturated carbocycles. The highest BCUT2D eigenvalue weighted by atomic mass is 16.5. The number of ether oxygens (including phenoxy) is 1. The van der Waals surface area contributed by atoms with Gasteiger partial charge in [-0.05, 0) is 26.7 Å². The lowest BCUT2D eigenvalue weighted by atomic mass is 10.1. The molecule has 7 nitrogen and oxygen atoms in total. The minimum atomic E-state index is -0.312. The van der Waals surface area contributed by atoms with Gasteiger partial charge in [-0.3, -0.25) is 19.3 Å². The minimum Gasteiger partial charge on any atom is -0.396 e. The van der Waals surface area contributed by atoms with Gasteiger partial charge in [-0.1, -0.05) is 34.1 Å². The van der Waals surface area contributed by atoms with E-state index in [9.17, 15) is 14.4 Å². The summed E-state index contributed by atoms with van der Waals surface area (Å²) in [4.78, 5) is 34.4. The first kappa shape index (κ1) is 27.7. The molecular weight excluding hydrogens is 348 g/mol. The second kappa shape index (κ2) is 15.6. The number of nitrogens with one attached hydrogen (secondary N) is 1. The van der Waals surface area contributed by atoms with Crippen LogP contribution in [0.1, 0.15) is 74.1 Å². The van der Waals surface area contributed by atoms with E-state index in [4.69, 9.17) is 9.84 Å². The summed E-state index contributed by atoms with van der Waals surface area (Å²) in [5, 5.41) is 11.3. The first-order chi connectivity index (χ1) is 12.6. The Balaban J connectivity index is 0. The van der Waals surface area contributed by atoms with Gasteiger partial charge in [-0.15, -0.1) is 0 Å². The van der Waals surface area contributed by atoms with Crippen molar-refractivity contribution in [2.75, 3.05) is 26.3 Å². The van der Waals surface area contributed by atoms with E-state index < -0.39 is 0 Å². The molecule has 1 heterocycles. The number of hydrogen-bond acceptors (Lipinski definition) is 5. The Kier molecular flexibility index (Phi) is 16.0. The third kappa shape index (κ3) is 13.4.